The molecule has 0 atom stereocenters. The molecule has 2 aromatic rings. The van der Waals surface area contributed by atoms with Crippen molar-refractivity contribution in [3.05, 3.63) is 81.5 Å². The van der Waals surface area contributed by atoms with Crippen LogP contribution in [0.2, 0.25) is 5.02 Å². The van der Waals surface area contributed by atoms with E-state index in [-0.39, 0.29) is 12.4 Å². The summed E-state index contributed by atoms with van der Waals surface area (Å²) >= 11 is 6.18. The Hall–Kier alpha value is -2.14. The van der Waals surface area contributed by atoms with Crippen LogP contribution in [-0.2, 0) is 0 Å². The van der Waals surface area contributed by atoms with Gasteiger partial charge in [0.15, 0.2) is 0 Å². The molecule has 1 N–H and O–H groups in total. The zero-order chi connectivity index (χ0) is 16.4. The molecule has 0 aliphatic carbocycles. The number of hydrogen-bond acceptors (Lipinski definition) is 3. The number of fused-ring (bicyclic) bond motifs is 1. The largest absolute Gasteiger partial charge is 0.284 e. The number of hydrogen-bond donors (Lipinski definition) is 1. The Morgan fingerprint density at radius 3 is 2.50 bits per heavy atom. The molecular weight excluding hydrogens is 345 g/mol. The lowest BCUT2D eigenvalue weighted by atomic mass is 10.1. The molecule has 0 spiro atoms. The molecule has 0 radical (unpaired) electrons. The Morgan fingerprint density at radius 2 is 1.83 bits per heavy atom. The lowest BCUT2D eigenvalue weighted by Crippen LogP contribution is -2.35. The summed E-state index contributed by atoms with van der Waals surface area (Å²) in [6, 6.07) is 15.1. The van der Waals surface area contributed by atoms with Gasteiger partial charge in [0, 0.05) is 34.6 Å². The van der Waals surface area contributed by atoms with Gasteiger partial charge in [-0.05, 0) is 25.1 Å². The smallest absolute Gasteiger partial charge is 0.149 e. The maximum Gasteiger partial charge on any atom is 0.149 e. The molecule has 2 aromatic carbocycles. The van der Waals surface area contributed by atoms with Crippen molar-refractivity contribution >= 4 is 35.5 Å². The van der Waals surface area contributed by atoms with Gasteiger partial charge in [0.2, 0.25) is 0 Å². The standard InChI is InChI=1S/C18H16ClN3O.ClH/c1-12-10-17(20-2)21-16-9-8-14(19)11-15(16)18(22(12)23)13-6-4-3-5-7-13;/h3-11,23H,1-2H3;1H. The summed E-state index contributed by atoms with van der Waals surface area (Å²) in [5.41, 5.74) is 2.13. The zero-order valence-corrected chi connectivity index (χ0v) is 14.8. The number of rotatable bonds is 1. The molecule has 0 bridgehead atoms. The second-order valence-corrected chi connectivity index (χ2v) is 5.60. The summed E-state index contributed by atoms with van der Waals surface area (Å²) in [6.07, 6.45) is 1.74. The van der Waals surface area contributed by atoms with Gasteiger partial charge in [0.05, 0.1) is 11.1 Å². The van der Waals surface area contributed by atoms with E-state index >= 15 is 0 Å². The van der Waals surface area contributed by atoms with Crippen LogP contribution in [0.1, 0.15) is 12.5 Å². The fourth-order valence-corrected chi connectivity index (χ4v) is 2.65. The maximum absolute atomic E-state index is 10.7. The Bertz CT molecular complexity index is 921. The summed E-state index contributed by atoms with van der Waals surface area (Å²) < 4.78 is 0. The molecule has 0 unspecified atom stereocenters. The molecule has 3 rings (SSSR count). The molecule has 0 saturated carbocycles. The van der Waals surface area contributed by atoms with E-state index in [1.807, 2.05) is 36.4 Å². The van der Waals surface area contributed by atoms with Crippen molar-refractivity contribution in [1.82, 2.24) is 5.06 Å². The third-order valence-electron chi connectivity index (χ3n) is 3.61. The predicted molar refractivity (Wildman–Crippen MR) is 99.2 cm³/mol. The molecule has 6 heteroatoms. The van der Waals surface area contributed by atoms with Crippen LogP contribution in [0.3, 0.4) is 0 Å². The van der Waals surface area contributed by atoms with Crippen LogP contribution >= 0.6 is 24.0 Å². The highest BCUT2D eigenvalue weighted by Gasteiger charge is 2.16. The third-order valence-corrected chi connectivity index (χ3v) is 3.84. The molecule has 0 fully saturated rings. The number of hydroxylamine groups is 2. The predicted octanol–water partition coefficient (Wildman–Crippen LogP) is 3.17. The molecule has 1 aliphatic heterocycles. The second kappa shape index (κ2) is 7.62. The highest BCUT2D eigenvalue weighted by Crippen LogP contribution is 2.19. The van der Waals surface area contributed by atoms with Gasteiger partial charge < -0.3 is 0 Å². The van der Waals surface area contributed by atoms with Crippen LogP contribution in [0.5, 0.6) is 0 Å². The molecular formula is C18H17Cl2N3O. The average molecular weight is 362 g/mol. The van der Waals surface area contributed by atoms with E-state index in [2.05, 4.69) is 9.98 Å². The van der Waals surface area contributed by atoms with Gasteiger partial charge in [0.1, 0.15) is 5.84 Å². The van der Waals surface area contributed by atoms with Crippen molar-refractivity contribution in [3.63, 3.8) is 0 Å². The topological polar surface area (TPSA) is 48.2 Å². The Balaban J connectivity index is 0.00000208. The fraction of sp³-hybridized carbons (Fsp3) is 0.111. The molecule has 24 heavy (non-hydrogen) atoms. The van der Waals surface area contributed by atoms with Crippen molar-refractivity contribution in [2.45, 2.75) is 6.92 Å². The van der Waals surface area contributed by atoms with Gasteiger partial charge in [-0.3, -0.25) is 10.2 Å². The van der Waals surface area contributed by atoms with Crippen molar-refractivity contribution in [2.24, 2.45) is 9.98 Å². The number of nitrogens with zero attached hydrogens (tertiary/aromatic N) is 3. The van der Waals surface area contributed by atoms with Crippen LogP contribution in [0.15, 0.2) is 70.3 Å². The second-order valence-electron chi connectivity index (χ2n) is 5.17. The molecule has 124 valence electrons. The first kappa shape index (κ1) is 18.2. The Labute approximate surface area is 151 Å². The summed E-state index contributed by atoms with van der Waals surface area (Å²) in [4.78, 5) is 8.72. The number of amidine groups is 1. The van der Waals surface area contributed by atoms with Gasteiger partial charge >= 0.3 is 0 Å². The van der Waals surface area contributed by atoms with E-state index in [4.69, 9.17) is 11.6 Å². The summed E-state index contributed by atoms with van der Waals surface area (Å²) in [7, 11) is 1.67. The van der Waals surface area contributed by atoms with Crippen LogP contribution in [0.25, 0.3) is 5.70 Å². The number of allylic oxidation sites excluding steroid dienone is 1. The first-order chi connectivity index (χ1) is 11.1. The van der Waals surface area contributed by atoms with Crippen molar-refractivity contribution in [1.29, 1.82) is 0 Å². The van der Waals surface area contributed by atoms with Gasteiger partial charge in [-0.2, -0.15) is 0 Å². The number of aliphatic imine (C=N–C) groups is 1. The van der Waals surface area contributed by atoms with Crippen LogP contribution in [0.4, 0.5) is 0 Å². The Kier molecular flexibility index (Phi) is 5.78. The van der Waals surface area contributed by atoms with E-state index < -0.39 is 0 Å². The quantitative estimate of drug-likeness (QED) is 0.847. The van der Waals surface area contributed by atoms with E-state index in [0.717, 1.165) is 15.8 Å². The minimum Gasteiger partial charge on any atom is -0.284 e. The van der Waals surface area contributed by atoms with Crippen LogP contribution in [-0.4, -0.2) is 23.2 Å². The highest BCUT2D eigenvalue weighted by atomic mass is 35.5. The first-order valence-electron chi connectivity index (χ1n) is 7.18. The normalized spacial score (nSPS) is 15.7. The fourth-order valence-electron chi connectivity index (χ4n) is 2.48. The molecule has 0 aromatic heterocycles. The van der Waals surface area contributed by atoms with Crippen molar-refractivity contribution in [2.75, 3.05) is 7.05 Å². The molecule has 1 heterocycles. The van der Waals surface area contributed by atoms with E-state index in [1.54, 1.807) is 32.2 Å². The van der Waals surface area contributed by atoms with E-state index in [1.165, 1.54) is 0 Å². The summed E-state index contributed by atoms with van der Waals surface area (Å²) in [6.45, 7) is 1.80. The monoisotopic (exact) mass is 361 g/mol. The number of halogens is 2. The van der Waals surface area contributed by atoms with Gasteiger partial charge in [-0.25, -0.2) is 10.1 Å². The van der Waals surface area contributed by atoms with Gasteiger partial charge in [-0.15, -0.1) is 12.4 Å². The lowest BCUT2D eigenvalue weighted by molar-refractivity contribution is 0.00923. The third kappa shape index (κ3) is 3.51. The van der Waals surface area contributed by atoms with Crippen LogP contribution in [0, 0.1) is 0 Å². The summed E-state index contributed by atoms with van der Waals surface area (Å²) in [5.74, 6) is 0.539. The molecule has 4 nitrogen and oxygen atoms in total. The van der Waals surface area contributed by atoms with Crippen molar-refractivity contribution < 1.29 is 5.21 Å². The van der Waals surface area contributed by atoms with Crippen LogP contribution < -0.4 is 10.6 Å². The molecule has 0 saturated heterocycles. The van der Waals surface area contributed by atoms with E-state index in [0.29, 0.717) is 27.6 Å². The highest BCUT2D eigenvalue weighted by molar-refractivity contribution is 6.30. The first-order valence-corrected chi connectivity index (χ1v) is 7.56. The van der Waals surface area contributed by atoms with E-state index in [9.17, 15) is 5.21 Å². The lowest BCUT2D eigenvalue weighted by Gasteiger charge is -2.23. The minimum absolute atomic E-state index is 0. The zero-order valence-electron chi connectivity index (χ0n) is 13.3. The molecule has 0 amide bonds. The average Bonchev–Trinajstić information content (AvgIpc) is 2.56. The maximum atomic E-state index is 10.7. The van der Waals surface area contributed by atoms with Gasteiger partial charge in [0.25, 0.3) is 0 Å². The summed E-state index contributed by atoms with van der Waals surface area (Å²) in [5, 5.41) is 13.9. The minimum atomic E-state index is 0. The Morgan fingerprint density at radius 1 is 1.12 bits per heavy atom. The number of benzene rings is 2. The van der Waals surface area contributed by atoms with Crippen molar-refractivity contribution in [3.8, 4) is 0 Å². The SMILES string of the molecule is CN=C1C=C(C)N(O)C(c2ccccc2)=c2cc(Cl)ccc2=N1.Cl. The molecule has 1 aliphatic rings. The van der Waals surface area contributed by atoms with Gasteiger partial charge in [-0.1, -0.05) is 41.9 Å².